The molecule has 0 bridgehead atoms. The van der Waals surface area contributed by atoms with E-state index in [1.807, 2.05) is 0 Å². The van der Waals surface area contributed by atoms with Crippen LogP contribution < -0.4 is 0 Å². The molecule has 0 heterocycles. The summed E-state index contributed by atoms with van der Waals surface area (Å²) < 4.78 is 8.75. The molecule has 0 aliphatic carbocycles. The molecule has 0 rings (SSSR count). The van der Waals surface area contributed by atoms with Gasteiger partial charge in [-0.25, -0.2) is 9.59 Å². The molecular weight excluding hydrogens is 168 g/mol. The van der Waals surface area contributed by atoms with E-state index in [0.29, 0.717) is 0 Å². The molecule has 10 heavy (non-hydrogen) atoms. The zero-order valence-corrected chi connectivity index (χ0v) is 7.63. The highest BCUT2D eigenvalue weighted by Crippen LogP contribution is 1.80. The monoisotopic (exact) mass is 174 g/mol. The first-order chi connectivity index (χ1) is 4.72. The van der Waals surface area contributed by atoms with Crippen LogP contribution in [0.4, 0.5) is 0 Å². The van der Waals surface area contributed by atoms with Crippen LogP contribution in [-0.4, -0.2) is 31.5 Å². The van der Waals surface area contributed by atoms with Crippen LogP contribution in [0.3, 0.4) is 0 Å². The van der Waals surface area contributed by atoms with Crippen LogP contribution in [0.1, 0.15) is 0 Å². The van der Waals surface area contributed by atoms with E-state index in [0.717, 1.165) is 0 Å². The molecule has 4 nitrogen and oxygen atoms in total. The van der Waals surface area contributed by atoms with Gasteiger partial charge >= 0.3 is 31.5 Å². The third kappa shape index (κ3) is 3.41. The Morgan fingerprint density at radius 3 is 1.50 bits per heavy atom. The Hall–Kier alpha value is -0.626. The first-order valence-corrected chi connectivity index (χ1v) is 5.29. The van der Waals surface area contributed by atoms with Gasteiger partial charge in [0, 0.05) is 0 Å². The van der Waals surface area contributed by atoms with E-state index in [4.69, 9.17) is 0 Å². The van der Waals surface area contributed by atoms with Gasteiger partial charge in [0.15, 0.2) is 0 Å². The third-order valence-electron chi connectivity index (χ3n) is 0.556. The molecule has 0 fully saturated rings. The first kappa shape index (κ1) is 9.37. The number of rotatable bonds is 2. The Balaban J connectivity index is 3.60. The van der Waals surface area contributed by atoms with Gasteiger partial charge in [-0.1, -0.05) is 0 Å². The molecule has 0 spiro atoms. The SMILES string of the molecule is C[Si]OC(=O)C(=O)O[Si]C. The Bertz CT molecular complexity index is 119. The third-order valence-corrected chi connectivity index (χ3v) is 1.34. The van der Waals surface area contributed by atoms with Crippen molar-refractivity contribution < 1.29 is 18.4 Å². The largest absolute Gasteiger partial charge is 0.509 e. The lowest BCUT2D eigenvalue weighted by Crippen LogP contribution is -2.21. The van der Waals surface area contributed by atoms with E-state index in [1.54, 1.807) is 13.1 Å². The number of carbonyl (C=O) groups excluding carboxylic acids is 2. The van der Waals surface area contributed by atoms with Gasteiger partial charge in [-0.15, -0.1) is 0 Å². The summed E-state index contributed by atoms with van der Waals surface area (Å²) in [6, 6.07) is 0. The van der Waals surface area contributed by atoms with E-state index in [-0.39, 0.29) is 19.5 Å². The summed E-state index contributed by atoms with van der Waals surface area (Å²) in [5, 5.41) is 0. The highest BCUT2D eigenvalue weighted by molar-refractivity contribution is 6.43. The Kier molecular flexibility index (Phi) is 4.86. The minimum absolute atomic E-state index is 0.0119. The summed E-state index contributed by atoms with van der Waals surface area (Å²) in [5.74, 6) is -1.81. The van der Waals surface area contributed by atoms with Gasteiger partial charge in [0.05, 0.1) is 0 Å². The van der Waals surface area contributed by atoms with Crippen LogP contribution in [0.25, 0.3) is 0 Å². The van der Waals surface area contributed by atoms with Crippen molar-refractivity contribution in [3.8, 4) is 0 Å². The molecule has 0 N–H and O–H groups in total. The van der Waals surface area contributed by atoms with Crippen LogP contribution >= 0.6 is 0 Å². The Labute approximate surface area is 63.8 Å². The molecule has 0 aromatic rings. The summed E-state index contributed by atoms with van der Waals surface area (Å²) in [6.45, 7) is 3.30. The fraction of sp³-hybridized carbons (Fsp3) is 0.500. The van der Waals surface area contributed by atoms with Crippen LogP contribution in [0.2, 0.25) is 13.1 Å². The van der Waals surface area contributed by atoms with Gasteiger partial charge in [-0.05, 0) is 13.1 Å². The second kappa shape index (κ2) is 5.18. The predicted octanol–water partition coefficient (Wildman–Crippen LogP) is -0.593. The quantitative estimate of drug-likeness (QED) is 0.414. The van der Waals surface area contributed by atoms with Gasteiger partial charge in [0.25, 0.3) is 0 Å². The number of carbonyl (C=O) groups is 2. The maximum absolute atomic E-state index is 10.4. The van der Waals surface area contributed by atoms with Gasteiger partial charge in [-0.2, -0.15) is 0 Å². The van der Waals surface area contributed by atoms with Gasteiger partial charge < -0.3 is 8.85 Å². The summed E-state index contributed by atoms with van der Waals surface area (Å²) in [7, 11) is -0.0239. The minimum Gasteiger partial charge on any atom is -0.509 e. The highest BCUT2D eigenvalue weighted by Gasteiger charge is 2.14. The topological polar surface area (TPSA) is 52.6 Å². The minimum atomic E-state index is -0.907. The molecule has 54 valence electrons. The fourth-order valence-electron chi connectivity index (χ4n) is 0.269. The van der Waals surface area contributed by atoms with Crippen molar-refractivity contribution in [1.82, 2.24) is 0 Å². The predicted molar refractivity (Wildman–Crippen MR) is 35.4 cm³/mol. The molecule has 0 aromatic heterocycles. The smallest absolute Gasteiger partial charge is 0.402 e. The molecule has 6 heteroatoms. The van der Waals surface area contributed by atoms with E-state index in [1.165, 1.54) is 0 Å². The highest BCUT2D eigenvalue weighted by atomic mass is 28.2. The van der Waals surface area contributed by atoms with Crippen molar-refractivity contribution in [3.05, 3.63) is 0 Å². The number of hydrogen-bond donors (Lipinski definition) is 0. The summed E-state index contributed by atoms with van der Waals surface area (Å²) in [5.41, 5.74) is 0. The second-order valence-corrected chi connectivity index (χ2v) is 2.41. The Morgan fingerprint density at radius 2 is 1.30 bits per heavy atom. The Morgan fingerprint density at radius 1 is 1.00 bits per heavy atom. The molecule has 0 aromatic carbocycles. The molecule has 4 radical (unpaired) electrons. The molecule has 0 unspecified atom stereocenters. The van der Waals surface area contributed by atoms with Gasteiger partial charge in [0.1, 0.15) is 0 Å². The molecular formula is C4H6O4Si2. The van der Waals surface area contributed by atoms with E-state index in [9.17, 15) is 9.59 Å². The molecule has 0 amide bonds. The second-order valence-electron chi connectivity index (χ2n) is 1.19. The maximum atomic E-state index is 10.4. The van der Waals surface area contributed by atoms with E-state index < -0.39 is 11.9 Å². The lowest BCUT2D eigenvalue weighted by molar-refractivity contribution is -0.156. The normalized spacial score (nSPS) is 8.60. The number of hydrogen-bond acceptors (Lipinski definition) is 4. The van der Waals surface area contributed by atoms with E-state index in [2.05, 4.69) is 8.85 Å². The summed E-state index contributed by atoms with van der Waals surface area (Å²) in [6.07, 6.45) is 0. The van der Waals surface area contributed by atoms with Gasteiger partial charge in [0.2, 0.25) is 0 Å². The fourth-order valence-corrected chi connectivity index (χ4v) is 0.806. The lowest BCUT2D eigenvalue weighted by Gasteiger charge is -1.98. The first-order valence-electron chi connectivity index (χ1n) is 2.47. The summed E-state index contributed by atoms with van der Waals surface area (Å²) >= 11 is 0. The van der Waals surface area contributed by atoms with Gasteiger partial charge in [-0.3, -0.25) is 0 Å². The van der Waals surface area contributed by atoms with Crippen molar-refractivity contribution >= 4 is 31.5 Å². The van der Waals surface area contributed by atoms with Crippen LogP contribution in [0, 0.1) is 0 Å². The van der Waals surface area contributed by atoms with E-state index >= 15 is 0 Å². The molecule has 0 saturated heterocycles. The average molecular weight is 174 g/mol. The van der Waals surface area contributed by atoms with Crippen LogP contribution in [0.5, 0.6) is 0 Å². The van der Waals surface area contributed by atoms with Crippen molar-refractivity contribution in [1.29, 1.82) is 0 Å². The van der Waals surface area contributed by atoms with Crippen LogP contribution in [0.15, 0.2) is 0 Å². The van der Waals surface area contributed by atoms with Crippen molar-refractivity contribution in [2.75, 3.05) is 0 Å². The van der Waals surface area contributed by atoms with Crippen molar-refractivity contribution in [2.45, 2.75) is 13.1 Å². The maximum Gasteiger partial charge on any atom is 0.402 e. The average Bonchev–Trinajstić information content (AvgIpc) is 1.89. The summed E-state index contributed by atoms with van der Waals surface area (Å²) in [4.78, 5) is 20.9. The van der Waals surface area contributed by atoms with Crippen molar-refractivity contribution in [3.63, 3.8) is 0 Å². The lowest BCUT2D eigenvalue weighted by atomic mass is 10.7. The molecule has 0 atom stereocenters. The zero-order chi connectivity index (χ0) is 7.98. The molecule has 0 aliphatic rings. The standard InChI is InChI=1S/C4H6O4Si2/c1-9-7-3(5)4(6)8-10-2/h1-2H3. The zero-order valence-electron chi connectivity index (χ0n) is 5.63. The van der Waals surface area contributed by atoms with Crippen LogP contribution in [-0.2, 0) is 18.4 Å². The molecule has 0 saturated carbocycles. The molecule has 0 aliphatic heterocycles. The van der Waals surface area contributed by atoms with Crippen molar-refractivity contribution in [2.24, 2.45) is 0 Å².